The molecule has 8 nitrogen and oxygen atoms in total. The highest BCUT2D eigenvalue weighted by Crippen LogP contribution is 2.25. The molecule has 0 aliphatic carbocycles. The number of carbonyl (C=O) groups is 1. The van der Waals surface area contributed by atoms with Gasteiger partial charge in [-0.05, 0) is 54.2 Å². The Kier molecular flexibility index (Phi) is 11.6. The van der Waals surface area contributed by atoms with Crippen molar-refractivity contribution >= 4 is 27.5 Å². The van der Waals surface area contributed by atoms with Crippen LogP contribution in [0, 0.1) is 5.82 Å². The molecule has 3 N–H and O–H groups in total. The van der Waals surface area contributed by atoms with Crippen molar-refractivity contribution in [2.45, 2.75) is 50.9 Å². The molecule has 1 saturated heterocycles. The summed E-state index contributed by atoms with van der Waals surface area (Å²) >= 11 is 6.13. The van der Waals surface area contributed by atoms with Crippen molar-refractivity contribution in [3.05, 3.63) is 106 Å². The number of nitrogens with one attached hydrogen (secondary N) is 3. The number of halogens is 2. The van der Waals surface area contributed by atoms with Crippen LogP contribution in [0.4, 0.5) is 4.39 Å². The molecule has 0 radical (unpaired) electrons. The van der Waals surface area contributed by atoms with Crippen LogP contribution in [0.5, 0.6) is 0 Å². The number of benzene rings is 3. The number of rotatable bonds is 13. The molecule has 1 amide bonds. The molecule has 2 aliphatic heterocycles. The van der Waals surface area contributed by atoms with Crippen molar-refractivity contribution in [1.29, 1.82) is 0 Å². The Morgan fingerprint density at radius 1 is 1.00 bits per heavy atom. The van der Waals surface area contributed by atoms with Gasteiger partial charge in [-0.25, -0.2) is 17.5 Å². The maximum atomic E-state index is 14.9. The van der Waals surface area contributed by atoms with E-state index in [2.05, 4.69) is 44.5 Å². The van der Waals surface area contributed by atoms with Gasteiger partial charge in [0.05, 0.1) is 17.8 Å². The summed E-state index contributed by atoms with van der Waals surface area (Å²) in [6.07, 6.45) is 1.91. The maximum Gasteiger partial charge on any atom is 0.240 e. The minimum Gasteiger partial charge on any atom is -0.339 e. The zero-order valence-corrected chi connectivity index (χ0v) is 27.3. The Balaban J connectivity index is 1.26. The summed E-state index contributed by atoms with van der Waals surface area (Å²) in [7, 11) is -3.47. The lowest BCUT2D eigenvalue weighted by atomic mass is 9.95. The van der Waals surface area contributed by atoms with Crippen LogP contribution in [-0.2, 0) is 34.2 Å². The van der Waals surface area contributed by atoms with E-state index in [9.17, 15) is 17.6 Å². The van der Waals surface area contributed by atoms with Gasteiger partial charge in [-0.2, -0.15) is 0 Å². The average molecular weight is 656 g/mol. The quantitative estimate of drug-likeness (QED) is 0.259. The molecular weight excluding hydrogens is 613 g/mol. The number of carbonyl (C=O) groups excluding carboxylic acids is 1. The van der Waals surface area contributed by atoms with E-state index in [4.69, 9.17) is 11.6 Å². The number of piperazine rings is 1. The summed E-state index contributed by atoms with van der Waals surface area (Å²) in [6.45, 7) is 5.23. The lowest BCUT2D eigenvalue weighted by molar-refractivity contribution is -0.135. The zero-order valence-electron chi connectivity index (χ0n) is 25.7. The van der Waals surface area contributed by atoms with Gasteiger partial charge in [-0.3, -0.25) is 9.69 Å². The highest BCUT2D eigenvalue weighted by Gasteiger charge is 2.32. The molecule has 5 rings (SSSR count). The monoisotopic (exact) mass is 655 g/mol. The number of hydrogen-bond donors (Lipinski definition) is 3. The molecule has 2 heterocycles. The molecule has 3 aromatic carbocycles. The molecule has 0 bridgehead atoms. The van der Waals surface area contributed by atoms with Gasteiger partial charge in [0.2, 0.25) is 15.9 Å². The van der Waals surface area contributed by atoms with Crippen molar-refractivity contribution in [3.63, 3.8) is 0 Å². The van der Waals surface area contributed by atoms with Crippen LogP contribution in [0.1, 0.15) is 41.6 Å². The fourth-order valence-electron chi connectivity index (χ4n) is 6.26. The van der Waals surface area contributed by atoms with E-state index in [1.54, 1.807) is 18.2 Å². The molecule has 0 aromatic heterocycles. The Morgan fingerprint density at radius 2 is 1.69 bits per heavy atom. The van der Waals surface area contributed by atoms with Gasteiger partial charge < -0.3 is 15.5 Å². The predicted molar refractivity (Wildman–Crippen MR) is 177 cm³/mol. The summed E-state index contributed by atoms with van der Waals surface area (Å²) in [5, 5.41) is 7.82. The van der Waals surface area contributed by atoms with E-state index in [-0.39, 0.29) is 30.1 Å². The second kappa shape index (κ2) is 15.6. The molecule has 11 heteroatoms. The number of fused-ring (bicyclic) bond motifs is 1. The van der Waals surface area contributed by atoms with Crippen LogP contribution >= 0.6 is 11.6 Å². The number of hydrogen-bond acceptors (Lipinski definition) is 6. The number of nitrogens with zero attached hydrogens (tertiary/aromatic N) is 2. The molecule has 3 unspecified atom stereocenters. The molecule has 3 atom stereocenters. The van der Waals surface area contributed by atoms with E-state index < -0.39 is 22.1 Å². The minimum absolute atomic E-state index is 0.0180. The van der Waals surface area contributed by atoms with Crippen LogP contribution in [-0.4, -0.2) is 81.2 Å². The smallest absolute Gasteiger partial charge is 0.240 e. The Labute approximate surface area is 271 Å². The molecule has 0 saturated carbocycles. The summed E-state index contributed by atoms with van der Waals surface area (Å²) in [6, 6.07) is 21.8. The van der Waals surface area contributed by atoms with E-state index in [1.807, 2.05) is 36.1 Å². The van der Waals surface area contributed by atoms with Crippen LogP contribution in [0.15, 0.2) is 72.8 Å². The molecule has 45 heavy (non-hydrogen) atoms. The minimum atomic E-state index is -3.47. The normalized spacial score (nSPS) is 18.7. The fourth-order valence-corrected chi connectivity index (χ4v) is 7.47. The third kappa shape index (κ3) is 9.12. The van der Waals surface area contributed by atoms with E-state index in [1.165, 1.54) is 17.2 Å². The van der Waals surface area contributed by atoms with Gasteiger partial charge in [-0.15, -0.1) is 0 Å². The third-order valence-corrected chi connectivity index (χ3v) is 10.5. The van der Waals surface area contributed by atoms with Gasteiger partial charge in [0.25, 0.3) is 0 Å². The number of amides is 1. The number of sulfonamides is 1. The Morgan fingerprint density at radius 3 is 2.40 bits per heavy atom. The molecular formula is C34H43ClFN5O3S. The molecule has 242 valence electrons. The molecule has 3 aromatic rings. The first-order valence-corrected chi connectivity index (χ1v) is 17.8. The van der Waals surface area contributed by atoms with Crippen molar-refractivity contribution in [3.8, 4) is 0 Å². The Hall–Kier alpha value is -2.86. The highest BCUT2D eigenvalue weighted by atomic mass is 35.5. The van der Waals surface area contributed by atoms with Crippen LogP contribution in [0.2, 0.25) is 5.02 Å². The van der Waals surface area contributed by atoms with Gasteiger partial charge in [0, 0.05) is 62.4 Å². The third-order valence-electron chi connectivity index (χ3n) is 8.73. The summed E-state index contributed by atoms with van der Waals surface area (Å²) < 4.78 is 42.5. The van der Waals surface area contributed by atoms with Crippen molar-refractivity contribution < 1.29 is 17.6 Å². The lowest BCUT2D eigenvalue weighted by Gasteiger charge is -2.41. The summed E-state index contributed by atoms with van der Waals surface area (Å²) in [5.41, 5.74) is 4.11. The van der Waals surface area contributed by atoms with Gasteiger partial charge in [0.1, 0.15) is 5.82 Å². The van der Waals surface area contributed by atoms with Crippen LogP contribution in [0.3, 0.4) is 0 Å². The van der Waals surface area contributed by atoms with Gasteiger partial charge in [-0.1, -0.05) is 73.1 Å². The molecule has 0 spiro atoms. The predicted octanol–water partition coefficient (Wildman–Crippen LogP) is 3.91. The second-order valence-corrected chi connectivity index (χ2v) is 14.3. The van der Waals surface area contributed by atoms with Crippen molar-refractivity contribution in [2.24, 2.45) is 0 Å². The van der Waals surface area contributed by atoms with Gasteiger partial charge >= 0.3 is 0 Å². The van der Waals surface area contributed by atoms with E-state index in [0.717, 1.165) is 18.5 Å². The largest absolute Gasteiger partial charge is 0.339 e. The maximum absolute atomic E-state index is 14.9. The van der Waals surface area contributed by atoms with Gasteiger partial charge in [0.15, 0.2) is 0 Å². The van der Waals surface area contributed by atoms with E-state index >= 15 is 0 Å². The summed E-state index contributed by atoms with van der Waals surface area (Å²) in [4.78, 5) is 18.0. The SMILES string of the molecule is CCCS(=O)(=O)NCC(c1ccccc1F)N1CCN(C(=O)C(Cc2ccc(Cl)cc2)NCC2Cc3ccccc3CN2)CC1. The zero-order chi connectivity index (χ0) is 31.8. The first kappa shape index (κ1) is 33.5. The fraction of sp³-hybridized carbons (Fsp3) is 0.441. The average Bonchev–Trinajstić information content (AvgIpc) is 3.04. The lowest BCUT2D eigenvalue weighted by Crippen LogP contribution is -2.57. The highest BCUT2D eigenvalue weighted by molar-refractivity contribution is 7.89. The Bertz CT molecular complexity index is 1530. The summed E-state index contributed by atoms with van der Waals surface area (Å²) in [5.74, 6) is -0.335. The first-order chi connectivity index (χ1) is 21.7. The topological polar surface area (TPSA) is 93.8 Å². The standard InChI is InChI=1S/C34H43ClFN5O3S/c1-2-19-45(43,44)39-24-33(30-9-5-6-10-31(30)36)40-15-17-41(18-16-40)34(42)32(20-25-11-13-28(35)14-12-25)38-23-29-21-26-7-3-4-8-27(26)22-37-29/h3-14,29,32-33,37-39H,2,15-24H2,1H3. The molecule has 2 aliphatic rings. The van der Waals surface area contributed by atoms with Crippen LogP contribution in [0.25, 0.3) is 0 Å². The van der Waals surface area contributed by atoms with Crippen molar-refractivity contribution in [1.82, 2.24) is 25.2 Å². The second-order valence-electron chi connectivity index (χ2n) is 11.9. The van der Waals surface area contributed by atoms with E-state index in [0.29, 0.717) is 56.2 Å². The van der Waals surface area contributed by atoms with Crippen LogP contribution < -0.4 is 15.4 Å². The molecule has 1 fully saturated rings. The van der Waals surface area contributed by atoms with Crippen molar-refractivity contribution in [2.75, 3.05) is 45.0 Å². The first-order valence-electron chi connectivity index (χ1n) is 15.7.